The fraction of sp³-hybridized carbons (Fsp3) is 0.857. The van der Waals surface area contributed by atoms with Crippen molar-refractivity contribution in [2.75, 3.05) is 19.8 Å². The zero-order valence-corrected chi connectivity index (χ0v) is 12.1. The highest BCUT2D eigenvalue weighted by Gasteiger charge is 2.51. The third-order valence-electron chi connectivity index (χ3n) is 4.35. The second-order valence-corrected chi connectivity index (χ2v) is 5.60. The van der Waals surface area contributed by atoms with Crippen LogP contribution in [0.25, 0.3) is 0 Å². The molecule has 0 radical (unpaired) electrons. The Hall–Kier alpha value is -1.10. The van der Waals surface area contributed by atoms with Crippen molar-refractivity contribution in [1.29, 1.82) is 0 Å². The number of hydrogen-bond acceptors (Lipinski definition) is 3. The van der Waals surface area contributed by atoms with E-state index in [-0.39, 0.29) is 17.9 Å². The Labute approximate surface area is 114 Å². The van der Waals surface area contributed by atoms with Gasteiger partial charge in [-0.15, -0.1) is 0 Å². The Kier molecular flexibility index (Phi) is 4.13. The van der Waals surface area contributed by atoms with E-state index in [4.69, 9.17) is 4.74 Å². The Morgan fingerprint density at radius 1 is 1.37 bits per heavy atom. The molecule has 1 saturated carbocycles. The van der Waals surface area contributed by atoms with Crippen LogP contribution in [-0.4, -0.2) is 48.1 Å². The SMILES string of the molecule is CCOCCN1C(=O)C(C2CC2)NC(=O)C1(C)CC. The molecule has 2 atom stereocenters. The van der Waals surface area contributed by atoms with Crippen LogP contribution in [-0.2, 0) is 14.3 Å². The molecule has 1 N–H and O–H groups in total. The Morgan fingerprint density at radius 2 is 2.05 bits per heavy atom. The highest BCUT2D eigenvalue weighted by atomic mass is 16.5. The van der Waals surface area contributed by atoms with Crippen LogP contribution in [0, 0.1) is 5.92 Å². The third-order valence-corrected chi connectivity index (χ3v) is 4.35. The minimum absolute atomic E-state index is 0.0250. The van der Waals surface area contributed by atoms with Gasteiger partial charge in [-0.2, -0.15) is 0 Å². The van der Waals surface area contributed by atoms with Crippen molar-refractivity contribution < 1.29 is 14.3 Å². The highest BCUT2D eigenvalue weighted by molar-refractivity contribution is 5.99. The van der Waals surface area contributed by atoms with Crippen LogP contribution in [0.2, 0.25) is 0 Å². The maximum atomic E-state index is 12.6. The lowest BCUT2D eigenvalue weighted by atomic mass is 9.89. The molecule has 2 unspecified atom stereocenters. The predicted octanol–water partition coefficient (Wildman–Crippen LogP) is 0.929. The molecular formula is C14H24N2O3. The molecule has 0 aromatic carbocycles. The number of rotatable bonds is 6. The topological polar surface area (TPSA) is 58.6 Å². The molecule has 0 bridgehead atoms. The Morgan fingerprint density at radius 3 is 2.58 bits per heavy atom. The smallest absolute Gasteiger partial charge is 0.246 e. The first-order chi connectivity index (χ1) is 9.04. The van der Waals surface area contributed by atoms with E-state index in [2.05, 4.69) is 5.32 Å². The van der Waals surface area contributed by atoms with Crippen LogP contribution in [0.1, 0.15) is 40.0 Å². The number of nitrogens with one attached hydrogen (secondary N) is 1. The van der Waals surface area contributed by atoms with E-state index in [1.807, 2.05) is 20.8 Å². The molecule has 2 aliphatic rings. The van der Waals surface area contributed by atoms with Gasteiger partial charge in [0, 0.05) is 13.2 Å². The quantitative estimate of drug-likeness (QED) is 0.729. The fourth-order valence-corrected chi connectivity index (χ4v) is 2.65. The fourth-order valence-electron chi connectivity index (χ4n) is 2.65. The Balaban J connectivity index is 2.14. The molecule has 1 aliphatic carbocycles. The standard InChI is InChI=1S/C14H24N2O3/c1-4-14(3)13(18)15-11(10-6-7-10)12(17)16(14)8-9-19-5-2/h10-11H,4-9H2,1-3H3,(H,15,18). The average Bonchev–Trinajstić information content (AvgIpc) is 3.22. The van der Waals surface area contributed by atoms with Crippen molar-refractivity contribution in [2.24, 2.45) is 5.92 Å². The van der Waals surface area contributed by atoms with Crippen LogP contribution in [0.5, 0.6) is 0 Å². The van der Waals surface area contributed by atoms with E-state index in [9.17, 15) is 9.59 Å². The third kappa shape index (κ3) is 2.61. The van der Waals surface area contributed by atoms with Crippen LogP contribution in [0.15, 0.2) is 0 Å². The van der Waals surface area contributed by atoms with Gasteiger partial charge in [-0.05, 0) is 39.0 Å². The minimum atomic E-state index is -0.737. The molecule has 2 fully saturated rings. The molecule has 1 aliphatic heterocycles. The van der Waals surface area contributed by atoms with E-state index in [1.54, 1.807) is 4.90 Å². The maximum Gasteiger partial charge on any atom is 0.246 e. The summed E-state index contributed by atoms with van der Waals surface area (Å²) >= 11 is 0. The molecule has 0 spiro atoms. The second-order valence-electron chi connectivity index (χ2n) is 5.60. The van der Waals surface area contributed by atoms with Crippen LogP contribution in [0.3, 0.4) is 0 Å². The van der Waals surface area contributed by atoms with Crippen LogP contribution >= 0.6 is 0 Å². The minimum Gasteiger partial charge on any atom is -0.380 e. The van der Waals surface area contributed by atoms with E-state index in [0.29, 0.717) is 32.1 Å². The molecule has 2 amide bonds. The highest BCUT2D eigenvalue weighted by Crippen LogP contribution is 2.37. The van der Waals surface area contributed by atoms with Gasteiger partial charge in [0.25, 0.3) is 0 Å². The van der Waals surface area contributed by atoms with Gasteiger partial charge >= 0.3 is 0 Å². The molecule has 0 aromatic heterocycles. The molecule has 2 rings (SSSR count). The number of hydrogen-bond donors (Lipinski definition) is 1. The first kappa shape index (κ1) is 14.3. The number of carbonyl (C=O) groups is 2. The number of piperazine rings is 1. The molecule has 19 heavy (non-hydrogen) atoms. The van der Waals surface area contributed by atoms with Crippen molar-refractivity contribution in [3.8, 4) is 0 Å². The van der Waals surface area contributed by atoms with Crippen molar-refractivity contribution in [1.82, 2.24) is 10.2 Å². The summed E-state index contributed by atoms with van der Waals surface area (Å²) in [5.74, 6) is 0.376. The number of amides is 2. The van der Waals surface area contributed by atoms with E-state index in [1.165, 1.54) is 0 Å². The summed E-state index contributed by atoms with van der Waals surface area (Å²) in [4.78, 5) is 26.6. The molecule has 5 nitrogen and oxygen atoms in total. The Bertz CT molecular complexity index is 368. The summed E-state index contributed by atoms with van der Waals surface area (Å²) in [5.41, 5.74) is -0.737. The van der Waals surface area contributed by atoms with Crippen molar-refractivity contribution in [2.45, 2.75) is 51.6 Å². The summed E-state index contributed by atoms with van der Waals surface area (Å²) in [6, 6.07) is -0.311. The first-order valence-electron chi connectivity index (χ1n) is 7.24. The first-order valence-corrected chi connectivity index (χ1v) is 7.24. The molecule has 108 valence electrons. The van der Waals surface area contributed by atoms with E-state index >= 15 is 0 Å². The van der Waals surface area contributed by atoms with Gasteiger partial charge in [0.2, 0.25) is 11.8 Å². The van der Waals surface area contributed by atoms with Crippen molar-refractivity contribution >= 4 is 11.8 Å². The van der Waals surface area contributed by atoms with Gasteiger partial charge in [-0.25, -0.2) is 0 Å². The number of nitrogens with zero attached hydrogens (tertiary/aromatic N) is 1. The van der Waals surface area contributed by atoms with Gasteiger partial charge < -0.3 is 15.0 Å². The normalized spacial score (nSPS) is 31.5. The van der Waals surface area contributed by atoms with Gasteiger partial charge in [-0.1, -0.05) is 6.92 Å². The largest absolute Gasteiger partial charge is 0.380 e. The van der Waals surface area contributed by atoms with Crippen LogP contribution < -0.4 is 5.32 Å². The second kappa shape index (κ2) is 5.49. The molecule has 5 heteroatoms. The van der Waals surface area contributed by atoms with Gasteiger partial charge in [0.05, 0.1) is 6.61 Å². The molecule has 0 aromatic rings. The van der Waals surface area contributed by atoms with Crippen molar-refractivity contribution in [3.63, 3.8) is 0 Å². The average molecular weight is 268 g/mol. The number of carbonyl (C=O) groups excluding carboxylic acids is 2. The van der Waals surface area contributed by atoms with Gasteiger partial charge in [0.1, 0.15) is 11.6 Å². The van der Waals surface area contributed by atoms with Gasteiger partial charge in [-0.3, -0.25) is 9.59 Å². The lowest BCUT2D eigenvalue weighted by Crippen LogP contribution is -2.70. The maximum absolute atomic E-state index is 12.6. The van der Waals surface area contributed by atoms with Crippen molar-refractivity contribution in [3.05, 3.63) is 0 Å². The van der Waals surface area contributed by atoms with E-state index < -0.39 is 5.54 Å². The molecular weight excluding hydrogens is 244 g/mol. The zero-order chi connectivity index (χ0) is 14.0. The van der Waals surface area contributed by atoms with Crippen LogP contribution in [0.4, 0.5) is 0 Å². The van der Waals surface area contributed by atoms with E-state index in [0.717, 1.165) is 12.8 Å². The number of ether oxygens (including phenoxy) is 1. The zero-order valence-electron chi connectivity index (χ0n) is 12.1. The lowest BCUT2D eigenvalue weighted by Gasteiger charge is -2.46. The molecule has 1 saturated heterocycles. The summed E-state index contributed by atoms with van der Waals surface area (Å²) < 4.78 is 5.34. The van der Waals surface area contributed by atoms with Gasteiger partial charge in [0.15, 0.2) is 0 Å². The molecule has 1 heterocycles. The summed E-state index contributed by atoms with van der Waals surface area (Å²) in [7, 11) is 0. The lowest BCUT2D eigenvalue weighted by molar-refractivity contribution is -0.158. The summed E-state index contributed by atoms with van der Waals surface area (Å²) in [6.45, 7) is 7.32. The summed E-state index contributed by atoms with van der Waals surface area (Å²) in [5, 5.41) is 2.92. The summed E-state index contributed by atoms with van der Waals surface area (Å²) in [6.07, 6.45) is 2.70. The predicted molar refractivity (Wildman–Crippen MR) is 71.6 cm³/mol. The monoisotopic (exact) mass is 268 g/mol.